The Balaban J connectivity index is 2.14. The van der Waals surface area contributed by atoms with E-state index in [4.69, 9.17) is 5.73 Å². The third-order valence-electron chi connectivity index (χ3n) is 3.13. The van der Waals surface area contributed by atoms with Crippen molar-refractivity contribution in [2.75, 3.05) is 23.7 Å². The van der Waals surface area contributed by atoms with Crippen LogP contribution >= 0.6 is 0 Å². The molecule has 1 saturated carbocycles. The van der Waals surface area contributed by atoms with Gasteiger partial charge in [0, 0.05) is 13.1 Å². The number of nitrogens with zero attached hydrogens (tertiary/aromatic N) is 3. The zero-order valence-electron chi connectivity index (χ0n) is 9.49. The summed E-state index contributed by atoms with van der Waals surface area (Å²) in [5, 5.41) is 0. The van der Waals surface area contributed by atoms with Crippen LogP contribution in [-0.4, -0.2) is 23.1 Å². The van der Waals surface area contributed by atoms with E-state index in [2.05, 4.69) is 9.97 Å². The molecule has 0 unspecified atom stereocenters. The standard InChI is InChI=1S/C11H17FN4/c1-2-16(7-8-4-3-5-8)10-9(12)6-14-11(13)15-10/h6,8H,2-5,7H2,1H3,(H2,13,14,15). The lowest BCUT2D eigenvalue weighted by Gasteiger charge is -2.32. The molecular formula is C11H17FN4. The largest absolute Gasteiger partial charge is 0.368 e. The lowest BCUT2D eigenvalue weighted by Crippen LogP contribution is -2.33. The fourth-order valence-corrected chi connectivity index (χ4v) is 1.95. The molecule has 0 spiro atoms. The van der Waals surface area contributed by atoms with E-state index in [9.17, 15) is 4.39 Å². The summed E-state index contributed by atoms with van der Waals surface area (Å²) in [6.07, 6.45) is 4.90. The summed E-state index contributed by atoms with van der Waals surface area (Å²) in [5.74, 6) is 0.747. The maximum atomic E-state index is 13.6. The summed E-state index contributed by atoms with van der Waals surface area (Å²) < 4.78 is 13.6. The molecule has 1 fully saturated rings. The minimum absolute atomic E-state index is 0.128. The molecule has 1 heterocycles. The Hall–Kier alpha value is -1.39. The fourth-order valence-electron chi connectivity index (χ4n) is 1.95. The van der Waals surface area contributed by atoms with Gasteiger partial charge in [0.1, 0.15) is 0 Å². The van der Waals surface area contributed by atoms with Crippen molar-refractivity contribution in [1.29, 1.82) is 0 Å². The van der Waals surface area contributed by atoms with Gasteiger partial charge < -0.3 is 10.6 Å². The van der Waals surface area contributed by atoms with E-state index in [1.54, 1.807) is 0 Å². The van der Waals surface area contributed by atoms with Crippen molar-refractivity contribution in [1.82, 2.24) is 9.97 Å². The van der Waals surface area contributed by atoms with Crippen molar-refractivity contribution in [2.24, 2.45) is 5.92 Å². The predicted molar refractivity (Wildman–Crippen MR) is 61.6 cm³/mol. The molecule has 0 amide bonds. The number of anilines is 2. The van der Waals surface area contributed by atoms with Gasteiger partial charge >= 0.3 is 0 Å². The molecule has 16 heavy (non-hydrogen) atoms. The van der Waals surface area contributed by atoms with Gasteiger partial charge in [0.05, 0.1) is 6.20 Å². The van der Waals surface area contributed by atoms with Crippen molar-refractivity contribution in [3.8, 4) is 0 Å². The van der Waals surface area contributed by atoms with E-state index in [-0.39, 0.29) is 5.95 Å². The number of halogens is 1. The van der Waals surface area contributed by atoms with E-state index in [1.165, 1.54) is 19.3 Å². The van der Waals surface area contributed by atoms with Gasteiger partial charge in [-0.25, -0.2) is 9.37 Å². The molecule has 0 aromatic carbocycles. The van der Waals surface area contributed by atoms with E-state index in [0.29, 0.717) is 11.7 Å². The molecule has 0 aliphatic heterocycles. The molecule has 2 rings (SSSR count). The monoisotopic (exact) mass is 224 g/mol. The zero-order chi connectivity index (χ0) is 11.5. The summed E-state index contributed by atoms with van der Waals surface area (Å²) >= 11 is 0. The molecule has 1 aromatic rings. The van der Waals surface area contributed by atoms with E-state index >= 15 is 0 Å². The first kappa shape index (κ1) is 11.1. The van der Waals surface area contributed by atoms with Crippen LogP contribution in [0.4, 0.5) is 16.2 Å². The second kappa shape index (κ2) is 4.63. The van der Waals surface area contributed by atoms with Crippen LogP contribution in [0.15, 0.2) is 6.20 Å². The second-order valence-electron chi connectivity index (χ2n) is 4.24. The van der Waals surface area contributed by atoms with Crippen LogP contribution in [0.3, 0.4) is 0 Å². The third kappa shape index (κ3) is 2.23. The Morgan fingerprint density at radius 3 is 2.88 bits per heavy atom. The highest BCUT2D eigenvalue weighted by Crippen LogP contribution is 2.29. The lowest BCUT2D eigenvalue weighted by atomic mass is 9.85. The van der Waals surface area contributed by atoms with Gasteiger partial charge in [-0.1, -0.05) is 6.42 Å². The topological polar surface area (TPSA) is 55.0 Å². The summed E-state index contributed by atoms with van der Waals surface area (Å²) in [5.41, 5.74) is 5.48. The normalized spacial score (nSPS) is 15.9. The van der Waals surface area contributed by atoms with Gasteiger partial charge in [-0.2, -0.15) is 4.98 Å². The van der Waals surface area contributed by atoms with Gasteiger partial charge in [-0.05, 0) is 25.7 Å². The molecule has 88 valence electrons. The first-order valence-corrected chi connectivity index (χ1v) is 5.73. The second-order valence-corrected chi connectivity index (χ2v) is 4.24. The lowest BCUT2D eigenvalue weighted by molar-refractivity contribution is 0.317. The maximum absolute atomic E-state index is 13.6. The third-order valence-corrected chi connectivity index (χ3v) is 3.13. The minimum atomic E-state index is -0.393. The summed E-state index contributed by atoms with van der Waals surface area (Å²) in [7, 11) is 0. The van der Waals surface area contributed by atoms with Crippen LogP contribution in [-0.2, 0) is 0 Å². The maximum Gasteiger partial charge on any atom is 0.222 e. The molecule has 5 heteroatoms. The smallest absolute Gasteiger partial charge is 0.222 e. The number of nitrogens with two attached hydrogens (primary N) is 1. The molecule has 0 atom stereocenters. The average molecular weight is 224 g/mol. The van der Waals surface area contributed by atoms with Gasteiger partial charge in [0.2, 0.25) is 5.95 Å². The number of nitrogen functional groups attached to an aromatic ring is 1. The first-order chi connectivity index (χ1) is 7.70. The SMILES string of the molecule is CCN(CC1CCC1)c1nc(N)ncc1F. The van der Waals surface area contributed by atoms with Gasteiger partial charge in [0.15, 0.2) is 11.6 Å². The van der Waals surface area contributed by atoms with Crippen LogP contribution in [0.5, 0.6) is 0 Å². The Bertz CT molecular complexity index is 365. The van der Waals surface area contributed by atoms with Gasteiger partial charge in [-0.3, -0.25) is 0 Å². The highest BCUT2D eigenvalue weighted by atomic mass is 19.1. The molecule has 1 aliphatic rings. The van der Waals surface area contributed by atoms with Crippen molar-refractivity contribution in [3.63, 3.8) is 0 Å². The average Bonchev–Trinajstić information content (AvgIpc) is 2.21. The van der Waals surface area contributed by atoms with Crippen LogP contribution in [0.2, 0.25) is 0 Å². The fraction of sp³-hybridized carbons (Fsp3) is 0.636. The Morgan fingerprint density at radius 1 is 1.56 bits per heavy atom. The Morgan fingerprint density at radius 2 is 2.31 bits per heavy atom. The minimum Gasteiger partial charge on any atom is -0.368 e. The van der Waals surface area contributed by atoms with Crippen molar-refractivity contribution >= 4 is 11.8 Å². The predicted octanol–water partition coefficient (Wildman–Crippen LogP) is 1.82. The number of rotatable bonds is 4. The molecule has 4 nitrogen and oxygen atoms in total. The molecule has 0 radical (unpaired) electrons. The van der Waals surface area contributed by atoms with E-state index in [1.807, 2.05) is 11.8 Å². The quantitative estimate of drug-likeness (QED) is 0.847. The van der Waals surface area contributed by atoms with E-state index < -0.39 is 5.82 Å². The molecule has 1 aliphatic carbocycles. The van der Waals surface area contributed by atoms with Crippen LogP contribution in [0.1, 0.15) is 26.2 Å². The van der Waals surface area contributed by atoms with Crippen molar-refractivity contribution < 1.29 is 4.39 Å². The summed E-state index contributed by atoms with van der Waals surface area (Å²) in [6.45, 7) is 3.60. The van der Waals surface area contributed by atoms with Crippen LogP contribution in [0, 0.1) is 11.7 Å². The zero-order valence-corrected chi connectivity index (χ0v) is 9.49. The highest BCUT2D eigenvalue weighted by molar-refractivity contribution is 5.42. The van der Waals surface area contributed by atoms with Crippen molar-refractivity contribution in [2.45, 2.75) is 26.2 Å². The van der Waals surface area contributed by atoms with Gasteiger partial charge in [0.25, 0.3) is 0 Å². The summed E-state index contributed by atoms with van der Waals surface area (Å²) in [6, 6.07) is 0. The molecule has 1 aromatic heterocycles. The Kier molecular flexibility index (Phi) is 3.22. The summed E-state index contributed by atoms with van der Waals surface area (Å²) in [4.78, 5) is 9.55. The van der Waals surface area contributed by atoms with E-state index in [0.717, 1.165) is 19.3 Å². The first-order valence-electron chi connectivity index (χ1n) is 5.73. The van der Waals surface area contributed by atoms with Crippen LogP contribution < -0.4 is 10.6 Å². The van der Waals surface area contributed by atoms with Gasteiger partial charge in [-0.15, -0.1) is 0 Å². The number of hydrogen-bond donors (Lipinski definition) is 1. The van der Waals surface area contributed by atoms with Crippen molar-refractivity contribution in [3.05, 3.63) is 12.0 Å². The molecular weight excluding hydrogens is 207 g/mol. The molecule has 2 N–H and O–H groups in total. The number of hydrogen-bond acceptors (Lipinski definition) is 4. The molecule has 0 bridgehead atoms. The molecule has 0 saturated heterocycles. The van der Waals surface area contributed by atoms with Crippen LogP contribution in [0.25, 0.3) is 0 Å². The Labute approximate surface area is 94.7 Å². The highest BCUT2D eigenvalue weighted by Gasteiger charge is 2.22. The number of aromatic nitrogens is 2.